The largest absolute Gasteiger partial charge is 0.355 e. The van der Waals surface area contributed by atoms with Crippen LogP contribution < -0.4 is 5.32 Å². The van der Waals surface area contributed by atoms with E-state index in [-0.39, 0.29) is 5.91 Å². The molecular formula is C9H12N4O. The fourth-order valence-corrected chi connectivity index (χ4v) is 1.52. The third-order valence-electron chi connectivity index (χ3n) is 2.26. The summed E-state index contributed by atoms with van der Waals surface area (Å²) >= 11 is 0. The van der Waals surface area contributed by atoms with E-state index in [2.05, 4.69) is 15.4 Å². The van der Waals surface area contributed by atoms with Crippen molar-refractivity contribution in [2.75, 3.05) is 7.05 Å². The van der Waals surface area contributed by atoms with Crippen molar-refractivity contribution < 1.29 is 4.79 Å². The van der Waals surface area contributed by atoms with Crippen molar-refractivity contribution in [2.24, 2.45) is 4.99 Å². The molecule has 2 heterocycles. The quantitative estimate of drug-likeness (QED) is 0.691. The standard InChI is InChI=1S/C9H12N4O/c1-10-9(14)7-5-12-13-4-2-3-11-6-8(7)13/h3,5H,2,4,6H2,1H3,(H,10,14). The van der Waals surface area contributed by atoms with Gasteiger partial charge in [0.15, 0.2) is 0 Å². The van der Waals surface area contributed by atoms with Crippen molar-refractivity contribution in [3.8, 4) is 0 Å². The van der Waals surface area contributed by atoms with Crippen LogP contribution in [0, 0.1) is 0 Å². The van der Waals surface area contributed by atoms with E-state index >= 15 is 0 Å². The maximum absolute atomic E-state index is 11.4. The van der Waals surface area contributed by atoms with Crippen LogP contribution in [0.4, 0.5) is 0 Å². The molecule has 0 fully saturated rings. The Hall–Kier alpha value is -1.65. The highest BCUT2D eigenvalue weighted by Gasteiger charge is 2.16. The van der Waals surface area contributed by atoms with Gasteiger partial charge in [0.05, 0.1) is 24.0 Å². The van der Waals surface area contributed by atoms with E-state index < -0.39 is 0 Å². The number of nitrogens with one attached hydrogen (secondary N) is 1. The normalized spacial score (nSPS) is 14.6. The minimum Gasteiger partial charge on any atom is -0.355 e. The Morgan fingerprint density at radius 2 is 2.50 bits per heavy atom. The van der Waals surface area contributed by atoms with Crippen molar-refractivity contribution in [2.45, 2.75) is 19.5 Å². The summed E-state index contributed by atoms with van der Waals surface area (Å²) in [4.78, 5) is 15.6. The van der Waals surface area contributed by atoms with Crippen LogP contribution in [0.5, 0.6) is 0 Å². The lowest BCUT2D eigenvalue weighted by atomic mass is 10.2. The van der Waals surface area contributed by atoms with Gasteiger partial charge in [-0.15, -0.1) is 0 Å². The molecule has 5 nitrogen and oxygen atoms in total. The number of aryl methyl sites for hydroxylation is 1. The number of hydrogen-bond acceptors (Lipinski definition) is 3. The molecule has 0 aliphatic carbocycles. The van der Waals surface area contributed by atoms with Crippen molar-refractivity contribution in [3.05, 3.63) is 17.5 Å². The SMILES string of the molecule is CNC(=O)c1cnn2c1CN=CCC2. The van der Waals surface area contributed by atoms with Crippen molar-refractivity contribution in [1.82, 2.24) is 15.1 Å². The van der Waals surface area contributed by atoms with Crippen molar-refractivity contribution in [3.63, 3.8) is 0 Å². The minimum atomic E-state index is -0.0941. The summed E-state index contributed by atoms with van der Waals surface area (Å²) in [6.07, 6.45) is 4.36. The third kappa shape index (κ3) is 1.41. The number of carbonyl (C=O) groups excluding carboxylic acids is 1. The van der Waals surface area contributed by atoms with Crippen LogP contribution in [-0.2, 0) is 13.1 Å². The average Bonchev–Trinajstić information content (AvgIpc) is 2.46. The molecule has 0 saturated heterocycles. The summed E-state index contributed by atoms with van der Waals surface area (Å²) in [5.41, 5.74) is 1.53. The predicted octanol–water partition coefficient (Wildman–Crippen LogP) is 0.217. The van der Waals surface area contributed by atoms with E-state index in [1.54, 1.807) is 13.2 Å². The van der Waals surface area contributed by atoms with Crippen LogP contribution >= 0.6 is 0 Å². The van der Waals surface area contributed by atoms with Gasteiger partial charge in [-0.3, -0.25) is 14.5 Å². The number of fused-ring (bicyclic) bond motifs is 1. The lowest BCUT2D eigenvalue weighted by Crippen LogP contribution is -2.19. The van der Waals surface area contributed by atoms with E-state index in [4.69, 9.17) is 0 Å². The lowest BCUT2D eigenvalue weighted by molar-refractivity contribution is 0.0962. The highest BCUT2D eigenvalue weighted by atomic mass is 16.1. The molecular weight excluding hydrogens is 180 g/mol. The fourth-order valence-electron chi connectivity index (χ4n) is 1.52. The molecule has 0 bridgehead atoms. The molecule has 0 radical (unpaired) electrons. The molecule has 1 amide bonds. The molecule has 1 aliphatic rings. The summed E-state index contributed by atoms with van der Waals surface area (Å²) in [6.45, 7) is 1.35. The zero-order valence-electron chi connectivity index (χ0n) is 8.03. The molecule has 1 N–H and O–H groups in total. The maximum atomic E-state index is 11.4. The molecule has 2 rings (SSSR count). The first-order chi connectivity index (χ1) is 6.83. The second-order valence-electron chi connectivity index (χ2n) is 3.12. The topological polar surface area (TPSA) is 59.3 Å². The Labute approximate surface area is 81.8 Å². The van der Waals surface area contributed by atoms with E-state index in [1.165, 1.54) is 0 Å². The highest BCUT2D eigenvalue weighted by Crippen LogP contribution is 2.12. The predicted molar refractivity (Wildman–Crippen MR) is 52.4 cm³/mol. The van der Waals surface area contributed by atoms with Crippen LogP contribution in [0.2, 0.25) is 0 Å². The Bertz CT molecular complexity index is 380. The Morgan fingerprint density at radius 1 is 1.64 bits per heavy atom. The van der Waals surface area contributed by atoms with Gasteiger partial charge in [-0.05, 0) is 0 Å². The summed E-state index contributed by atoms with van der Waals surface area (Å²) in [5.74, 6) is -0.0941. The molecule has 1 aliphatic heterocycles. The third-order valence-corrected chi connectivity index (χ3v) is 2.26. The Kier molecular flexibility index (Phi) is 2.30. The summed E-state index contributed by atoms with van der Waals surface area (Å²) in [7, 11) is 1.62. The van der Waals surface area contributed by atoms with E-state index in [0.717, 1.165) is 18.7 Å². The minimum absolute atomic E-state index is 0.0941. The molecule has 0 aromatic carbocycles. The monoisotopic (exact) mass is 192 g/mol. The molecule has 5 heteroatoms. The molecule has 0 unspecified atom stereocenters. The number of aromatic nitrogens is 2. The molecule has 1 aromatic heterocycles. The van der Waals surface area contributed by atoms with Crippen LogP contribution in [-0.4, -0.2) is 28.9 Å². The summed E-state index contributed by atoms with van der Waals surface area (Å²) in [5, 5.41) is 6.76. The van der Waals surface area contributed by atoms with Gasteiger partial charge in [-0.25, -0.2) is 0 Å². The van der Waals surface area contributed by atoms with E-state index in [1.807, 2.05) is 10.9 Å². The first-order valence-electron chi connectivity index (χ1n) is 4.58. The number of rotatable bonds is 1. The second kappa shape index (κ2) is 3.61. The van der Waals surface area contributed by atoms with Crippen LogP contribution in [0.3, 0.4) is 0 Å². The number of nitrogens with zero attached hydrogens (tertiary/aromatic N) is 3. The van der Waals surface area contributed by atoms with Crippen LogP contribution in [0.1, 0.15) is 22.5 Å². The Morgan fingerprint density at radius 3 is 3.29 bits per heavy atom. The first-order valence-corrected chi connectivity index (χ1v) is 4.58. The zero-order chi connectivity index (χ0) is 9.97. The lowest BCUT2D eigenvalue weighted by Gasteiger charge is -2.02. The summed E-state index contributed by atoms with van der Waals surface area (Å²) in [6, 6.07) is 0. The molecule has 0 spiro atoms. The van der Waals surface area contributed by atoms with Gasteiger partial charge in [0.25, 0.3) is 5.91 Å². The molecule has 0 atom stereocenters. The van der Waals surface area contributed by atoms with Gasteiger partial charge in [-0.1, -0.05) is 0 Å². The zero-order valence-corrected chi connectivity index (χ0v) is 8.03. The smallest absolute Gasteiger partial charge is 0.254 e. The Balaban J connectivity index is 2.39. The van der Waals surface area contributed by atoms with Crippen LogP contribution in [0.15, 0.2) is 11.2 Å². The number of carbonyl (C=O) groups is 1. The van der Waals surface area contributed by atoms with Gasteiger partial charge < -0.3 is 5.32 Å². The van der Waals surface area contributed by atoms with Crippen LogP contribution in [0.25, 0.3) is 0 Å². The average molecular weight is 192 g/mol. The van der Waals surface area contributed by atoms with E-state index in [0.29, 0.717) is 12.1 Å². The highest BCUT2D eigenvalue weighted by molar-refractivity contribution is 5.94. The van der Waals surface area contributed by atoms with E-state index in [9.17, 15) is 4.79 Å². The number of aliphatic imine (C=N–C) groups is 1. The van der Waals surface area contributed by atoms with Gasteiger partial charge in [-0.2, -0.15) is 5.10 Å². The summed E-state index contributed by atoms with van der Waals surface area (Å²) < 4.78 is 1.84. The van der Waals surface area contributed by atoms with Crippen molar-refractivity contribution >= 4 is 12.1 Å². The first kappa shape index (κ1) is 8.93. The second-order valence-corrected chi connectivity index (χ2v) is 3.12. The molecule has 14 heavy (non-hydrogen) atoms. The van der Waals surface area contributed by atoms with Gasteiger partial charge in [0.1, 0.15) is 0 Å². The van der Waals surface area contributed by atoms with Gasteiger partial charge in [0, 0.05) is 26.2 Å². The number of amides is 1. The number of hydrogen-bond donors (Lipinski definition) is 1. The van der Waals surface area contributed by atoms with Crippen molar-refractivity contribution in [1.29, 1.82) is 0 Å². The molecule has 74 valence electrons. The molecule has 1 aromatic rings. The van der Waals surface area contributed by atoms with Gasteiger partial charge in [0.2, 0.25) is 0 Å². The molecule has 0 saturated carbocycles. The van der Waals surface area contributed by atoms with Gasteiger partial charge >= 0.3 is 0 Å². The maximum Gasteiger partial charge on any atom is 0.254 e. The fraction of sp³-hybridized carbons (Fsp3) is 0.444.